The quantitative estimate of drug-likeness (QED) is 0.638. The van der Waals surface area contributed by atoms with E-state index in [0.717, 1.165) is 11.1 Å². The smallest absolute Gasteiger partial charge is 0.338 e. The third-order valence-corrected chi connectivity index (χ3v) is 5.72. The predicted octanol–water partition coefficient (Wildman–Crippen LogP) is 3.88. The lowest BCUT2D eigenvalue weighted by Gasteiger charge is -2.17. The normalized spacial score (nSPS) is 11.2. The first-order valence-corrected chi connectivity index (χ1v) is 10.3. The Bertz CT molecular complexity index is 1110. The van der Waals surface area contributed by atoms with Gasteiger partial charge in [-0.3, -0.25) is 4.72 Å². The summed E-state index contributed by atoms with van der Waals surface area (Å²) in [5.41, 5.74) is 1.67. The number of nitrogens with zero attached hydrogens (tertiary/aromatic N) is 1. The minimum absolute atomic E-state index is 0.197. The van der Waals surface area contributed by atoms with Gasteiger partial charge in [0.15, 0.2) is 0 Å². The van der Waals surface area contributed by atoms with Gasteiger partial charge in [-0.05, 0) is 43.3 Å². The molecule has 1 N–H and O–H groups in total. The molecule has 7 heteroatoms. The van der Waals surface area contributed by atoms with E-state index in [1.807, 2.05) is 37.2 Å². The van der Waals surface area contributed by atoms with Crippen LogP contribution in [-0.2, 0) is 14.8 Å². The Morgan fingerprint density at radius 2 is 1.61 bits per heavy atom. The average Bonchev–Trinajstić information content (AvgIpc) is 2.67. The summed E-state index contributed by atoms with van der Waals surface area (Å²) < 4.78 is 33.5. The Morgan fingerprint density at radius 3 is 2.25 bits per heavy atom. The van der Waals surface area contributed by atoms with Gasteiger partial charge in [-0.15, -0.1) is 0 Å². The molecule has 0 amide bonds. The van der Waals surface area contributed by atoms with Crippen molar-refractivity contribution >= 4 is 38.1 Å². The number of ether oxygens (including phenoxy) is 1. The van der Waals surface area contributed by atoms with Gasteiger partial charge in [0.1, 0.15) is 0 Å². The zero-order chi connectivity index (χ0) is 20.3. The van der Waals surface area contributed by atoms with Crippen LogP contribution in [0.3, 0.4) is 0 Å². The zero-order valence-electron chi connectivity index (χ0n) is 16.0. The summed E-state index contributed by atoms with van der Waals surface area (Å²) >= 11 is 0. The number of rotatable bonds is 6. The summed E-state index contributed by atoms with van der Waals surface area (Å²) in [6.07, 6.45) is 0. The summed E-state index contributed by atoms with van der Waals surface area (Å²) in [7, 11) is 0.0215. The van der Waals surface area contributed by atoms with Crippen LogP contribution in [0.5, 0.6) is 0 Å². The Balaban J connectivity index is 1.96. The van der Waals surface area contributed by atoms with Crippen LogP contribution in [0.15, 0.2) is 65.6 Å². The van der Waals surface area contributed by atoms with Crippen LogP contribution in [0.1, 0.15) is 17.3 Å². The lowest BCUT2D eigenvalue weighted by molar-refractivity contribution is 0.0526. The van der Waals surface area contributed by atoms with E-state index in [1.54, 1.807) is 37.3 Å². The fraction of sp³-hybridized carbons (Fsp3) is 0.190. The van der Waals surface area contributed by atoms with Crippen LogP contribution in [0.25, 0.3) is 10.8 Å². The number of esters is 1. The van der Waals surface area contributed by atoms with Crippen LogP contribution >= 0.6 is 0 Å². The Morgan fingerprint density at radius 1 is 0.964 bits per heavy atom. The molecule has 0 bridgehead atoms. The highest BCUT2D eigenvalue weighted by molar-refractivity contribution is 7.93. The Kier molecular flexibility index (Phi) is 5.56. The predicted molar refractivity (Wildman–Crippen MR) is 111 cm³/mol. The zero-order valence-corrected chi connectivity index (χ0v) is 16.8. The molecule has 0 aromatic heterocycles. The molecule has 0 saturated heterocycles. The number of carbonyl (C=O) groups is 1. The van der Waals surface area contributed by atoms with Gasteiger partial charge in [0.05, 0.1) is 17.1 Å². The van der Waals surface area contributed by atoms with Crippen LogP contribution in [0.2, 0.25) is 0 Å². The summed E-state index contributed by atoms with van der Waals surface area (Å²) in [5, 5.41) is 1.50. The van der Waals surface area contributed by atoms with Crippen molar-refractivity contribution in [3.63, 3.8) is 0 Å². The maximum absolute atomic E-state index is 13.0. The number of sulfonamides is 1. The molecule has 28 heavy (non-hydrogen) atoms. The van der Waals surface area contributed by atoms with E-state index in [0.29, 0.717) is 16.6 Å². The number of carbonyl (C=O) groups excluding carboxylic acids is 1. The molecule has 0 saturated carbocycles. The van der Waals surface area contributed by atoms with E-state index in [4.69, 9.17) is 4.74 Å². The topological polar surface area (TPSA) is 75.7 Å². The van der Waals surface area contributed by atoms with Crippen molar-refractivity contribution < 1.29 is 17.9 Å². The summed E-state index contributed by atoms with van der Waals surface area (Å²) in [6, 6.07) is 16.9. The van der Waals surface area contributed by atoms with Crippen molar-refractivity contribution in [2.75, 3.05) is 30.3 Å². The molecule has 3 rings (SSSR count). The minimum atomic E-state index is -3.81. The number of benzene rings is 3. The largest absolute Gasteiger partial charge is 0.462 e. The molecule has 3 aromatic carbocycles. The first kappa shape index (κ1) is 19.7. The molecule has 0 aliphatic heterocycles. The molecule has 6 nitrogen and oxygen atoms in total. The number of hydrogen-bond acceptors (Lipinski definition) is 5. The van der Waals surface area contributed by atoms with Gasteiger partial charge in [-0.2, -0.15) is 0 Å². The highest BCUT2D eigenvalue weighted by atomic mass is 32.2. The van der Waals surface area contributed by atoms with Crippen molar-refractivity contribution in [2.45, 2.75) is 11.8 Å². The molecular weight excluding hydrogens is 376 g/mol. The average molecular weight is 398 g/mol. The van der Waals surface area contributed by atoms with E-state index >= 15 is 0 Å². The lowest BCUT2D eigenvalue weighted by Crippen LogP contribution is -2.14. The highest BCUT2D eigenvalue weighted by Crippen LogP contribution is 2.31. The first-order valence-electron chi connectivity index (χ1n) is 8.82. The SMILES string of the molecule is CCOC(=O)c1ccc(NS(=O)(=O)c2cccc3c(N(C)C)cccc23)cc1. The van der Waals surface area contributed by atoms with E-state index in [1.165, 1.54) is 12.1 Å². The molecule has 0 spiro atoms. The maximum Gasteiger partial charge on any atom is 0.338 e. The molecule has 3 aromatic rings. The van der Waals surface area contributed by atoms with Gasteiger partial charge in [0.2, 0.25) is 0 Å². The standard InChI is InChI=1S/C21H22N2O4S/c1-4-27-21(24)15-11-13-16(14-12-15)22-28(25,26)20-10-6-7-17-18(20)8-5-9-19(17)23(2)3/h5-14,22H,4H2,1-3H3. The second kappa shape index (κ2) is 7.90. The van der Waals surface area contributed by atoms with Crippen molar-refractivity contribution in [1.82, 2.24) is 0 Å². The van der Waals surface area contributed by atoms with Crippen molar-refractivity contribution in [1.29, 1.82) is 0 Å². The van der Waals surface area contributed by atoms with Gasteiger partial charge in [-0.25, -0.2) is 13.2 Å². The Labute approximate surface area is 164 Å². The van der Waals surface area contributed by atoms with Crippen LogP contribution in [-0.4, -0.2) is 35.1 Å². The molecule has 0 atom stereocenters. The van der Waals surface area contributed by atoms with Crippen LogP contribution < -0.4 is 9.62 Å². The molecule has 0 unspecified atom stereocenters. The van der Waals surface area contributed by atoms with Crippen LogP contribution in [0.4, 0.5) is 11.4 Å². The number of fused-ring (bicyclic) bond motifs is 1. The van der Waals surface area contributed by atoms with Gasteiger partial charge in [0.25, 0.3) is 10.0 Å². The molecule has 0 fully saturated rings. The molecular formula is C21H22N2O4S. The summed E-state index contributed by atoms with van der Waals surface area (Å²) in [6.45, 7) is 2.01. The van der Waals surface area contributed by atoms with E-state index in [2.05, 4.69) is 4.72 Å². The van der Waals surface area contributed by atoms with Crippen molar-refractivity contribution in [3.05, 3.63) is 66.2 Å². The van der Waals surface area contributed by atoms with E-state index in [-0.39, 0.29) is 11.5 Å². The molecule has 0 aliphatic carbocycles. The first-order chi connectivity index (χ1) is 13.3. The number of hydrogen-bond donors (Lipinski definition) is 1. The highest BCUT2D eigenvalue weighted by Gasteiger charge is 2.19. The van der Waals surface area contributed by atoms with Gasteiger partial charge < -0.3 is 9.64 Å². The number of nitrogens with one attached hydrogen (secondary N) is 1. The van der Waals surface area contributed by atoms with Gasteiger partial charge >= 0.3 is 5.97 Å². The minimum Gasteiger partial charge on any atom is -0.462 e. The fourth-order valence-electron chi connectivity index (χ4n) is 2.99. The second-order valence-electron chi connectivity index (χ2n) is 6.43. The monoisotopic (exact) mass is 398 g/mol. The van der Waals surface area contributed by atoms with Crippen LogP contribution in [0, 0.1) is 0 Å². The molecule has 0 radical (unpaired) electrons. The summed E-state index contributed by atoms with van der Waals surface area (Å²) in [5.74, 6) is -0.442. The number of anilines is 2. The maximum atomic E-state index is 13.0. The third-order valence-electron chi connectivity index (χ3n) is 4.28. The van der Waals surface area contributed by atoms with Crippen molar-refractivity contribution in [2.24, 2.45) is 0 Å². The van der Waals surface area contributed by atoms with Gasteiger partial charge in [0, 0.05) is 36.2 Å². The van der Waals surface area contributed by atoms with Gasteiger partial charge in [-0.1, -0.05) is 24.3 Å². The molecule has 0 aliphatic rings. The fourth-order valence-corrected chi connectivity index (χ4v) is 4.27. The lowest BCUT2D eigenvalue weighted by atomic mass is 10.1. The molecule has 146 valence electrons. The van der Waals surface area contributed by atoms with E-state index < -0.39 is 16.0 Å². The third kappa shape index (κ3) is 3.94. The molecule has 0 heterocycles. The van der Waals surface area contributed by atoms with E-state index in [9.17, 15) is 13.2 Å². The van der Waals surface area contributed by atoms with Crippen molar-refractivity contribution in [3.8, 4) is 0 Å². The summed E-state index contributed by atoms with van der Waals surface area (Å²) in [4.78, 5) is 13.9. The Hall–Kier alpha value is -3.06. The second-order valence-corrected chi connectivity index (χ2v) is 8.08.